The van der Waals surface area contributed by atoms with Gasteiger partial charge in [0.05, 0.1) is 28.3 Å². The number of hydrogen-bond acceptors (Lipinski definition) is 5. The maximum atomic E-state index is 4.30. The van der Waals surface area contributed by atoms with Crippen molar-refractivity contribution in [1.29, 1.82) is 0 Å². The minimum absolute atomic E-state index is 0.186. The zero-order valence-corrected chi connectivity index (χ0v) is 10.7. The maximum absolute atomic E-state index is 4.30. The number of nitrogens with one attached hydrogen (secondary N) is 1. The van der Waals surface area contributed by atoms with Crippen molar-refractivity contribution in [3.05, 3.63) is 47.2 Å². The van der Waals surface area contributed by atoms with Gasteiger partial charge in [-0.3, -0.25) is 9.97 Å². The molecule has 5 heteroatoms. The fourth-order valence-corrected chi connectivity index (χ4v) is 2.46. The molecule has 0 saturated heterocycles. The summed E-state index contributed by atoms with van der Waals surface area (Å²) in [4.78, 5) is 12.8. The van der Waals surface area contributed by atoms with Crippen LogP contribution in [0.2, 0.25) is 0 Å². The summed E-state index contributed by atoms with van der Waals surface area (Å²) in [5, 5.41) is 5.47. The molecule has 0 radical (unpaired) electrons. The molecule has 0 spiro atoms. The molecule has 90 valence electrons. The van der Waals surface area contributed by atoms with E-state index in [2.05, 4.69) is 32.6 Å². The largest absolute Gasteiger partial charge is 0.377 e. The number of nitrogens with zero attached hydrogens (tertiary/aromatic N) is 3. The Hall–Kier alpha value is -2.01. The van der Waals surface area contributed by atoms with Crippen LogP contribution in [-0.2, 0) is 0 Å². The quantitative estimate of drug-likeness (QED) is 0.781. The second kappa shape index (κ2) is 4.70. The van der Waals surface area contributed by atoms with Crippen LogP contribution in [-0.4, -0.2) is 15.0 Å². The van der Waals surface area contributed by atoms with Crippen molar-refractivity contribution < 1.29 is 0 Å². The molecule has 3 aromatic rings. The average Bonchev–Trinajstić information content (AvgIpc) is 2.92. The minimum Gasteiger partial charge on any atom is -0.377 e. The lowest BCUT2D eigenvalue weighted by molar-refractivity contribution is 0.850. The van der Waals surface area contributed by atoms with E-state index in [1.807, 2.05) is 23.7 Å². The van der Waals surface area contributed by atoms with Crippen molar-refractivity contribution in [3.8, 4) is 0 Å². The summed E-state index contributed by atoms with van der Waals surface area (Å²) >= 11 is 1.61. The monoisotopic (exact) mass is 256 g/mol. The van der Waals surface area contributed by atoms with Crippen LogP contribution in [0.5, 0.6) is 0 Å². The van der Waals surface area contributed by atoms with Crippen LogP contribution >= 0.6 is 11.3 Å². The molecular weight excluding hydrogens is 244 g/mol. The van der Waals surface area contributed by atoms with Gasteiger partial charge in [0.25, 0.3) is 0 Å². The number of thiazole rings is 1. The molecule has 0 saturated carbocycles. The Balaban J connectivity index is 1.86. The molecule has 0 fully saturated rings. The molecule has 3 rings (SSSR count). The normalized spacial score (nSPS) is 12.5. The van der Waals surface area contributed by atoms with Crippen molar-refractivity contribution in [2.24, 2.45) is 0 Å². The van der Waals surface area contributed by atoms with Crippen LogP contribution in [0.3, 0.4) is 0 Å². The van der Waals surface area contributed by atoms with Gasteiger partial charge in [-0.25, -0.2) is 4.98 Å². The lowest BCUT2D eigenvalue weighted by atomic mass is 10.2. The molecule has 2 heterocycles. The second-order valence-corrected chi connectivity index (χ2v) is 4.76. The highest BCUT2D eigenvalue weighted by Gasteiger charge is 2.07. The number of hydrogen-bond donors (Lipinski definition) is 1. The van der Waals surface area contributed by atoms with E-state index in [1.54, 1.807) is 23.7 Å². The van der Waals surface area contributed by atoms with Crippen molar-refractivity contribution in [2.45, 2.75) is 13.0 Å². The molecule has 1 unspecified atom stereocenters. The number of anilines is 1. The summed E-state index contributed by atoms with van der Waals surface area (Å²) in [5.74, 6) is 0. The second-order valence-electron chi connectivity index (χ2n) is 4.04. The molecule has 0 aliphatic rings. The maximum Gasteiger partial charge on any atom is 0.0907 e. The summed E-state index contributed by atoms with van der Waals surface area (Å²) in [6, 6.07) is 6.18. The lowest BCUT2D eigenvalue weighted by Crippen LogP contribution is -2.06. The first kappa shape index (κ1) is 11.1. The van der Waals surface area contributed by atoms with Gasteiger partial charge in [-0.2, -0.15) is 0 Å². The minimum atomic E-state index is 0.186. The molecule has 0 aliphatic carbocycles. The Morgan fingerprint density at radius 1 is 1.11 bits per heavy atom. The zero-order valence-electron chi connectivity index (χ0n) is 9.87. The smallest absolute Gasteiger partial charge is 0.0907 e. The molecule has 4 nitrogen and oxygen atoms in total. The van der Waals surface area contributed by atoms with Crippen LogP contribution in [0.25, 0.3) is 11.0 Å². The highest BCUT2D eigenvalue weighted by Crippen LogP contribution is 2.21. The lowest BCUT2D eigenvalue weighted by Gasteiger charge is -2.13. The Kier molecular flexibility index (Phi) is 2.90. The van der Waals surface area contributed by atoms with Crippen molar-refractivity contribution in [2.75, 3.05) is 5.32 Å². The molecule has 0 amide bonds. The number of aromatic nitrogens is 3. The van der Waals surface area contributed by atoms with E-state index in [-0.39, 0.29) is 6.04 Å². The summed E-state index contributed by atoms with van der Waals surface area (Å²) < 4.78 is 0. The highest BCUT2D eigenvalue weighted by molar-refractivity contribution is 7.07. The Morgan fingerprint density at radius 3 is 2.72 bits per heavy atom. The first-order chi connectivity index (χ1) is 8.83. The predicted molar refractivity (Wildman–Crippen MR) is 73.7 cm³/mol. The Labute approximate surface area is 109 Å². The first-order valence-corrected chi connectivity index (χ1v) is 6.62. The standard InChI is InChI=1S/C13H12N4S/c1-9(13-7-18-8-16-13)17-10-2-3-11-12(6-10)15-5-4-14-11/h2-9,17H,1H3. The highest BCUT2D eigenvalue weighted by atomic mass is 32.1. The number of benzene rings is 1. The van der Waals surface area contributed by atoms with Crippen LogP contribution in [0.15, 0.2) is 41.5 Å². The molecule has 1 N–H and O–H groups in total. The summed E-state index contributed by atoms with van der Waals surface area (Å²) in [7, 11) is 0. The van der Waals surface area contributed by atoms with Gasteiger partial charge in [0.2, 0.25) is 0 Å². The third kappa shape index (κ3) is 2.17. The third-order valence-corrected chi connectivity index (χ3v) is 3.35. The third-order valence-electron chi connectivity index (χ3n) is 2.75. The van der Waals surface area contributed by atoms with Crippen LogP contribution in [0, 0.1) is 0 Å². The molecule has 18 heavy (non-hydrogen) atoms. The van der Waals surface area contributed by atoms with Crippen molar-refractivity contribution in [3.63, 3.8) is 0 Å². The molecule has 2 aromatic heterocycles. The molecular formula is C13H12N4S. The van der Waals surface area contributed by atoms with Crippen LogP contribution < -0.4 is 5.32 Å². The fraction of sp³-hybridized carbons (Fsp3) is 0.154. The molecule has 0 aliphatic heterocycles. The van der Waals surface area contributed by atoms with E-state index < -0.39 is 0 Å². The Bertz CT molecular complexity index is 651. The Morgan fingerprint density at radius 2 is 1.94 bits per heavy atom. The van der Waals surface area contributed by atoms with E-state index in [0.29, 0.717) is 0 Å². The van der Waals surface area contributed by atoms with Gasteiger partial charge in [0.15, 0.2) is 0 Å². The molecule has 1 atom stereocenters. The summed E-state index contributed by atoms with van der Waals surface area (Å²) in [6.45, 7) is 2.09. The van der Waals surface area contributed by atoms with E-state index in [9.17, 15) is 0 Å². The fourth-order valence-electron chi connectivity index (χ4n) is 1.81. The van der Waals surface area contributed by atoms with Crippen molar-refractivity contribution >= 4 is 28.1 Å². The topological polar surface area (TPSA) is 50.7 Å². The SMILES string of the molecule is CC(Nc1ccc2nccnc2c1)c1cscn1. The molecule has 0 bridgehead atoms. The van der Waals surface area contributed by atoms with E-state index >= 15 is 0 Å². The van der Waals surface area contributed by atoms with Gasteiger partial charge in [-0.05, 0) is 25.1 Å². The predicted octanol–water partition coefficient (Wildman–Crippen LogP) is 3.26. The van der Waals surface area contributed by atoms with E-state index in [1.165, 1.54) is 0 Å². The van der Waals surface area contributed by atoms with Gasteiger partial charge in [-0.15, -0.1) is 11.3 Å². The van der Waals surface area contributed by atoms with E-state index in [4.69, 9.17) is 0 Å². The van der Waals surface area contributed by atoms with Crippen LogP contribution in [0.4, 0.5) is 5.69 Å². The molecule has 1 aromatic carbocycles. The average molecular weight is 256 g/mol. The zero-order chi connectivity index (χ0) is 12.4. The van der Waals surface area contributed by atoms with Gasteiger partial charge in [0, 0.05) is 23.5 Å². The first-order valence-electron chi connectivity index (χ1n) is 5.68. The number of fused-ring (bicyclic) bond motifs is 1. The van der Waals surface area contributed by atoms with Gasteiger partial charge in [0.1, 0.15) is 0 Å². The van der Waals surface area contributed by atoms with Gasteiger partial charge >= 0.3 is 0 Å². The van der Waals surface area contributed by atoms with Gasteiger partial charge < -0.3 is 5.32 Å². The summed E-state index contributed by atoms with van der Waals surface area (Å²) in [5.41, 5.74) is 5.74. The number of rotatable bonds is 3. The van der Waals surface area contributed by atoms with E-state index in [0.717, 1.165) is 22.4 Å². The summed E-state index contributed by atoms with van der Waals surface area (Å²) in [6.07, 6.45) is 3.41. The van der Waals surface area contributed by atoms with Crippen LogP contribution in [0.1, 0.15) is 18.7 Å². The van der Waals surface area contributed by atoms with Crippen molar-refractivity contribution in [1.82, 2.24) is 15.0 Å². The van der Waals surface area contributed by atoms with Gasteiger partial charge in [-0.1, -0.05) is 0 Å².